The molecular formula is C16H32N2. The maximum absolute atomic E-state index is 3.58. The van der Waals surface area contributed by atoms with E-state index in [1.165, 1.54) is 45.2 Å². The van der Waals surface area contributed by atoms with Gasteiger partial charge in [-0.2, -0.15) is 0 Å². The van der Waals surface area contributed by atoms with E-state index in [-0.39, 0.29) is 0 Å². The molecule has 0 heterocycles. The summed E-state index contributed by atoms with van der Waals surface area (Å²) in [6.07, 6.45) is 7.13. The lowest BCUT2D eigenvalue weighted by molar-refractivity contribution is 0.123. The van der Waals surface area contributed by atoms with Crippen LogP contribution in [0.1, 0.15) is 52.9 Å². The molecule has 0 radical (unpaired) electrons. The molecule has 2 fully saturated rings. The fourth-order valence-electron chi connectivity index (χ4n) is 3.76. The maximum atomic E-state index is 3.58. The maximum Gasteiger partial charge on any atom is 0.0105 e. The number of nitrogens with zero attached hydrogens (tertiary/aromatic N) is 1. The number of hydrogen-bond donors (Lipinski definition) is 1. The van der Waals surface area contributed by atoms with Crippen LogP contribution < -0.4 is 5.32 Å². The van der Waals surface area contributed by atoms with Crippen molar-refractivity contribution in [3.63, 3.8) is 0 Å². The third kappa shape index (κ3) is 3.48. The minimum atomic E-state index is 0.757. The first kappa shape index (κ1) is 14.3. The van der Waals surface area contributed by atoms with E-state index < -0.39 is 0 Å². The van der Waals surface area contributed by atoms with Crippen molar-refractivity contribution < 1.29 is 0 Å². The van der Waals surface area contributed by atoms with Gasteiger partial charge < -0.3 is 10.2 Å². The fraction of sp³-hybridized carbons (Fsp3) is 1.00. The van der Waals surface area contributed by atoms with Crippen LogP contribution in [0.15, 0.2) is 0 Å². The van der Waals surface area contributed by atoms with E-state index in [0.717, 1.165) is 29.8 Å². The minimum Gasteiger partial charge on any atom is -0.317 e. The van der Waals surface area contributed by atoms with Crippen molar-refractivity contribution in [2.45, 2.75) is 65.0 Å². The summed E-state index contributed by atoms with van der Waals surface area (Å²) < 4.78 is 0. The molecule has 0 saturated heterocycles. The van der Waals surface area contributed by atoms with Gasteiger partial charge in [-0.05, 0) is 63.5 Å². The largest absolute Gasteiger partial charge is 0.317 e. The first-order valence-electron chi connectivity index (χ1n) is 8.07. The lowest BCUT2D eigenvalue weighted by Gasteiger charge is -2.40. The van der Waals surface area contributed by atoms with Crippen LogP contribution in [-0.2, 0) is 0 Å². The highest BCUT2D eigenvalue weighted by Crippen LogP contribution is 2.36. The summed E-state index contributed by atoms with van der Waals surface area (Å²) in [7, 11) is 2.15. The summed E-state index contributed by atoms with van der Waals surface area (Å²) in [5.41, 5.74) is 0. The third-order valence-electron chi connectivity index (χ3n) is 5.28. The van der Waals surface area contributed by atoms with Crippen LogP contribution in [-0.4, -0.2) is 37.1 Å². The molecule has 0 aliphatic heterocycles. The zero-order chi connectivity index (χ0) is 13.1. The lowest BCUT2D eigenvalue weighted by Crippen LogP contribution is -2.45. The molecule has 1 N–H and O–H groups in total. The van der Waals surface area contributed by atoms with Crippen LogP contribution in [0.3, 0.4) is 0 Å². The first-order chi connectivity index (χ1) is 8.65. The lowest BCUT2D eigenvalue weighted by atomic mass is 9.73. The summed E-state index contributed by atoms with van der Waals surface area (Å²) in [5.74, 6) is 2.69. The van der Waals surface area contributed by atoms with Crippen molar-refractivity contribution in [3.8, 4) is 0 Å². The van der Waals surface area contributed by atoms with Crippen molar-refractivity contribution in [2.75, 3.05) is 20.1 Å². The van der Waals surface area contributed by atoms with Gasteiger partial charge in [-0.3, -0.25) is 0 Å². The molecule has 2 heteroatoms. The molecule has 106 valence electrons. The molecule has 0 bridgehead atoms. The third-order valence-corrected chi connectivity index (χ3v) is 5.28. The summed E-state index contributed by atoms with van der Waals surface area (Å²) >= 11 is 0. The summed E-state index contributed by atoms with van der Waals surface area (Å²) in [5, 5.41) is 3.58. The highest BCUT2D eigenvalue weighted by molar-refractivity contribution is 4.90. The molecule has 0 aromatic carbocycles. The molecule has 2 saturated carbocycles. The van der Waals surface area contributed by atoms with Crippen molar-refractivity contribution in [1.29, 1.82) is 0 Å². The van der Waals surface area contributed by atoms with Gasteiger partial charge in [0.2, 0.25) is 0 Å². The van der Waals surface area contributed by atoms with Gasteiger partial charge in [0.25, 0.3) is 0 Å². The molecule has 0 aromatic rings. The Morgan fingerprint density at radius 1 is 1.17 bits per heavy atom. The fourth-order valence-corrected chi connectivity index (χ4v) is 3.76. The zero-order valence-corrected chi connectivity index (χ0v) is 12.8. The van der Waals surface area contributed by atoms with Crippen LogP contribution in [0.25, 0.3) is 0 Å². The van der Waals surface area contributed by atoms with Crippen molar-refractivity contribution >= 4 is 0 Å². The Balaban J connectivity index is 1.92. The normalized spacial score (nSPS) is 33.3. The predicted octanol–water partition coefficient (Wildman–Crippen LogP) is 3.13. The average Bonchev–Trinajstić information content (AvgIpc) is 3.19. The van der Waals surface area contributed by atoms with Gasteiger partial charge in [-0.1, -0.05) is 20.8 Å². The second-order valence-electron chi connectivity index (χ2n) is 6.79. The molecule has 2 aliphatic rings. The van der Waals surface area contributed by atoms with Crippen molar-refractivity contribution in [3.05, 3.63) is 0 Å². The van der Waals surface area contributed by atoms with Gasteiger partial charge in [0, 0.05) is 18.6 Å². The van der Waals surface area contributed by atoms with Gasteiger partial charge >= 0.3 is 0 Å². The van der Waals surface area contributed by atoms with Gasteiger partial charge in [-0.15, -0.1) is 0 Å². The highest BCUT2D eigenvalue weighted by atomic mass is 15.2. The summed E-state index contributed by atoms with van der Waals surface area (Å²) in [6.45, 7) is 9.70. The van der Waals surface area contributed by atoms with Crippen molar-refractivity contribution in [1.82, 2.24) is 10.2 Å². The molecule has 2 nitrogen and oxygen atoms in total. The van der Waals surface area contributed by atoms with Crippen LogP contribution in [0.2, 0.25) is 0 Å². The molecule has 18 heavy (non-hydrogen) atoms. The molecule has 2 aliphatic carbocycles. The Morgan fingerprint density at radius 3 is 2.39 bits per heavy atom. The highest BCUT2D eigenvalue weighted by Gasteiger charge is 2.35. The van der Waals surface area contributed by atoms with E-state index in [9.17, 15) is 0 Å². The van der Waals surface area contributed by atoms with Gasteiger partial charge in [0.15, 0.2) is 0 Å². The van der Waals surface area contributed by atoms with Crippen LogP contribution >= 0.6 is 0 Å². The molecule has 0 amide bonds. The molecule has 2 rings (SSSR count). The molecule has 0 spiro atoms. The van der Waals surface area contributed by atoms with E-state index in [1.54, 1.807) is 0 Å². The number of rotatable bonds is 6. The number of hydrogen-bond acceptors (Lipinski definition) is 2. The standard InChI is InChI=1S/C16H32N2/c1-5-18(15-7-8-15)11-14-10-13(12(2)3)6-9-16(14)17-4/h12-17H,5-11H2,1-4H3. The molecule has 0 aromatic heterocycles. The second-order valence-corrected chi connectivity index (χ2v) is 6.79. The van der Waals surface area contributed by atoms with Crippen LogP contribution in [0.5, 0.6) is 0 Å². The number of nitrogens with one attached hydrogen (secondary N) is 1. The van der Waals surface area contributed by atoms with Crippen LogP contribution in [0, 0.1) is 17.8 Å². The summed E-state index contributed by atoms with van der Waals surface area (Å²) in [6, 6.07) is 1.68. The zero-order valence-electron chi connectivity index (χ0n) is 12.8. The van der Waals surface area contributed by atoms with E-state index in [4.69, 9.17) is 0 Å². The predicted molar refractivity (Wildman–Crippen MR) is 78.8 cm³/mol. The average molecular weight is 252 g/mol. The topological polar surface area (TPSA) is 15.3 Å². The molecule has 3 atom stereocenters. The molecule has 3 unspecified atom stereocenters. The van der Waals surface area contributed by atoms with Gasteiger partial charge in [-0.25, -0.2) is 0 Å². The molecular weight excluding hydrogens is 220 g/mol. The first-order valence-corrected chi connectivity index (χ1v) is 8.07. The Labute approximate surface area is 114 Å². The van der Waals surface area contributed by atoms with Crippen molar-refractivity contribution in [2.24, 2.45) is 17.8 Å². The Morgan fingerprint density at radius 2 is 1.89 bits per heavy atom. The van der Waals surface area contributed by atoms with Gasteiger partial charge in [0.05, 0.1) is 0 Å². The Hall–Kier alpha value is -0.0800. The summed E-state index contributed by atoms with van der Waals surface area (Å²) in [4.78, 5) is 2.73. The van der Waals surface area contributed by atoms with E-state index in [1.807, 2.05) is 0 Å². The SMILES string of the molecule is CCN(CC1CC(C(C)C)CCC1NC)C1CC1. The smallest absolute Gasteiger partial charge is 0.0105 e. The van der Waals surface area contributed by atoms with E-state index >= 15 is 0 Å². The Bertz CT molecular complexity index is 247. The minimum absolute atomic E-state index is 0.757. The monoisotopic (exact) mass is 252 g/mol. The Kier molecular flexibility index (Phi) is 5.08. The van der Waals surface area contributed by atoms with Gasteiger partial charge in [0.1, 0.15) is 0 Å². The quantitative estimate of drug-likeness (QED) is 0.781. The van der Waals surface area contributed by atoms with E-state index in [2.05, 4.69) is 38.0 Å². The van der Waals surface area contributed by atoms with E-state index in [0.29, 0.717) is 0 Å². The van der Waals surface area contributed by atoms with Crippen LogP contribution in [0.4, 0.5) is 0 Å². The second kappa shape index (κ2) is 6.38.